The highest BCUT2D eigenvalue weighted by Crippen LogP contribution is 2.19. The van der Waals surface area contributed by atoms with Crippen LogP contribution in [0.4, 0.5) is 4.39 Å². The van der Waals surface area contributed by atoms with Crippen LogP contribution in [0, 0.1) is 5.82 Å². The molecule has 1 amide bonds. The normalized spacial score (nSPS) is 11.7. The van der Waals surface area contributed by atoms with Crippen molar-refractivity contribution < 1.29 is 19.1 Å². The van der Waals surface area contributed by atoms with Crippen molar-refractivity contribution in [3.05, 3.63) is 59.9 Å². The molecule has 22 heavy (non-hydrogen) atoms. The summed E-state index contributed by atoms with van der Waals surface area (Å²) in [6, 6.07) is 5.00. The van der Waals surface area contributed by atoms with Gasteiger partial charge in [-0.3, -0.25) is 14.6 Å². The van der Waals surface area contributed by atoms with Gasteiger partial charge in [0.1, 0.15) is 11.5 Å². The van der Waals surface area contributed by atoms with Crippen molar-refractivity contribution in [3.63, 3.8) is 0 Å². The lowest BCUT2D eigenvalue weighted by atomic mass is 10.0. The van der Waals surface area contributed by atoms with Gasteiger partial charge in [0.25, 0.3) is 5.91 Å². The van der Waals surface area contributed by atoms with Crippen molar-refractivity contribution in [2.45, 2.75) is 18.9 Å². The van der Waals surface area contributed by atoms with Gasteiger partial charge < -0.3 is 10.4 Å². The Labute approximate surface area is 126 Å². The SMILES string of the molecule is O=C(O)CCC(NC(=O)c1cnccn1)c1ccc(F)cc1. The Kier molecular flexibility index (Phi) is 5.13. The van der Waals surface area contributed by atoms with Gasteiger partial charge in [-0.2, -0.15) is 0 Å². The minimum Gasteiger partial charge on any atom is -0.481 e. The number of amides is 1. The van der Waals surface area contributed by atoms with E-state index >= 15 is 0 Å². The highest BCUT2D eigenvalue weighted by molar-refractivity contribution is 5.92. The van der Waals surface area contributed by atoms with Crippen LogP contribution in [-0.4, -0.2) is 27.0 Å². The zero-order valence-electron chi connectivity index (χ0n) is 11.6. The Morgan fingerprint density at radius 2 is 1.95 bits per heavy atom. The number of carbonyl (C=O) groups excluding carboxylic acids is 1. The molecule has 2 N–H and O–H groups in total. The molecule has 0 aliphatic rings. The Hall–Kier alpha value is -2.83. The number of benzene rings is 1. The van der Waals surface area contributed by atoms with E-state index < -0.39 is 23.7 Å². The summed E-state index contributed by atoms with van der Waals surface area (Å²) in [5, 5.41) is 11.5. The molecule has 6 nitrogen and oxygen atoms in total. The van der Waals surface area contributed by atoms with Crippen LogP contribution in [0.5, 0.6) is 0 Å². The summed E-state index contributed by atoms with van der Waals surface area (Å²) < 4.78 is 13.0. The minimum absolute atomic E-state index is 0.122. The van der Waals surface area contributed by atoms with E-state index in [9.17, 15) is 14.0 Å². The molecule has 2 aromatic rings. The maximum absolute atomic E-state index is 13.0. The monoisotopic (exact) mass is 303 g/mol. The molecule has 7 heteroatoms. The van der Waals surface area contributed by atoms with Crippen LogP contribution >= 0.6 is 0 Å². The minimum atomic E-state index is -0.971. The van der Waals surface area contributed by atoms with Crippen molar-refractivity contribution in [2.24, 2.45) is 0 Å². The van der Waals surface area contributed by atoms with Crippen molar-refractivity contribution in [1.82, 2.24) is 15.3 Å². The molecular formula is C15H14FN3O3. The van der Waals surface area contributed by atoms with E-state index in [1.165, 1.54) is 42.9 Å². The van der Waals surface area contributed by atoms with Gasteiger partial charge in [-0.1, -0.05) is 12.1 Å². The summed E-state index contributed by atoms with van der Waals surface area (Å²) in [5.41, 5.74) is 0.754. The average molecular weight is 303 g/mol. The third-order valence-corrected chi connectivity index (χ3v) is 3.02. The lowest BCUT2D eigenvalue weighted by Crippen LogP contribution is -2.29. The molecule has 0 saturated heterocycles. The van der Waals surface area contributed by atoms with Crippen molar-refractivity contribution in [1.29, 1.82) is 0 Å². The van der Waals surface area contributed by atoms with Crippen LogP contribution in [-0.2, 0) is 4.79 Å². The Morgan fingerprint density at radius 3 is 2.55 bits per heavy atom. The lowest BCUT2D eigenvalue weighted by Gasteiger charge is -2.18. The van der Waals surface area contributed by atoms with Gasteiger partial charge in [0.15, 0.2) is 0 Å². The highest BCUT2D eigenvalue weighted by atomic mass is 19.1. The molecule has 1 heterocycles. The number of rotatable bonds is 6. The first-order valence-electron chi connectivity index (χ1n) is 6.60. The van der Waals surface area contributed by atoms with Gasteiger partial charge in [0.2, 0.25) is 0 Å². The molecule has 1 aromatic carbocycles. The number of nitrogens with one attached hydrogen (secondary N) is 1. The summed E-state index contributed by atoms with van der Waals surface area (Å²) in [6.07, 6.45) is 4.21. The molecule has 1 unspecified atom stereocenters. The predicted molar refractivity (Wildman–Crippen MR) is 75.5 cm³/mol. The second-order valence-corrected chi connectivity index (χ2v) is 4.60. The Morgan fingerprint density at radius 1 is 1.23 bits per heavy atom. The molecule has 114 valence electrons. The molecule has 0 radical (unpaired) electrons. The molecule has 0 fully saturated rings. The summed E-state index contributed by atoms with van der Waals surface area (Å²) >= 11 is 0. The maximum Gasteiger partial charge on any atom is 0.303 e. The third-order valence-electron chi connectivity index (χ3n) is 3.02. The summed E-state index contributed by atoms with van der Waals surface area (Å²) in [5.74, 6) is -1.84. The number of hydrogen-bond donors (Lipinski definition) is 2. The molecular weight excluding hydrogens is 289 g/mol. The summed E-state index contributed by atoms with van der Waals surface area (Å²) in [4.78, 5) is 30.5. The van der Waals surface area contributed by atoms with Gasteiger partial charge >= 0.3 is 5.97 Å². The van der Waals surface area contributed by atoms with E-state index in [4.69, 9.17) is 5.11 Å². The fraction of sp³-hybridized carbons (Fsp3) is 0.200. The second kappa shape index (κ2) is 7.26. The number of nitrogens with zero attached hydrogens (tertiary/aromatic N) is 2. The smallest absolute Gasteiger partial charge is 0.303 e. The molecule has 2 rings (SSSR count). The largest absolute Gasteiger partial charge is 0.481 e. The maximum atomic E-state index is 13.0. The summed E-state index contributed by atoms with van der Waals surface area (Å²) in [7, 11) is 0. The number of carboxylic acid groups (broad SMARTS) is 1. The number of aliphatic carboxylic acids is 1. The number of aromatic nitrogens is 2. The number of carboxylic acids is 1. The summed E-state index contributed by atoms with van der Waals surface area (Å²) in [6.45, 7) is 0. The van der Waals surface area contributed by atoms with E-state index in [2.05, 4.69) is 15.3 Å². The van der Waals surface area contributed by atoms with Crippen LogP contribution in [0.25, 0.3) is 0 Å². The number of halogens is 1. The number of carbonyl (C=O) groups is 2. The molecule has 1 aromatic heterocycles. The molecule has 0 aliphatic heterocycles. The topological polar surface area (TPSA) is 92.2 Å². The molecule has 0 saturated carbocycles. The predicted octanol–water partition coefficient (Wildman–Crippen LogP) is 1.95. The Bertz CT molecular complexity index is 647. The van der Waals surface area contributed by atoms with Gasteiger partial charge in [0.05, 0.1) is 12.2 Å². The van der Waals surface area contributed by atoms with E-state index in [1.54, 1.807) is 0 Å². The highest BCUT2D eigenvalue weighted by Gasteiger charge is 2.18. The van der Waals surface area contributed by atoms with E-state index in [0.717, 1.165) is 0 Å². The van der Waals surface area contributed by atoms with Gasteiger partial charge in [-0.15, -0.1) is 0 Å². The fourth-order valence-electron chi connectivity index (χ4n) is 1.93. The van der Waals surface area contributed by atoms with Gasteiger partial charge in [0, 0.05) is 18.8 Å². The third kappa shape index (κ3) is 4.34. The van der Waals surface area contributed by atoms with Crippen LogP contribution in [0.15, 0.2) is 42.9 Å². The van der Waals surface area contributed by atoms with Gasteiger partial charge in [-0.25, -0.2) is 9.37 Å². The van der Waals surface area contributed by atoms with Crippen LogP contribution in [0.2, 0.25) is 0 Å². The molecule has 0 aliphatic carbocycles. The zero-order valence-corrected chi connectivity index (χ0v) is 11.6. The quantitative estimate of drug-likeness (QED) is 0.851. The first kappa shape index (κ1) is 15.6. The van der Waals surface area contributed by atoms with E-state index in [-0.39, 0.29) is 18.5 Å². The first-order chi connectivity index (χ1) is 10.6. The Balaban J connectivity index is 2.15. The van der Waals surface area contributed by atoms with Crippen molar-refractivity contribution >= 4 is 11.9 Å². The van der Waals surface area contributed by atoms with Crippen molar-refractivity contribution in [3.8, 4) is 0 Å². The lowest BCUT2D eigenvalue weighted by molar-refractivity contribution is -0.137. The van der Waals surface area contributed by atoms with Crippen LogP contribution in [0.3, 0.4) is 0 Å². The van der Waals surface area contributed by atoms with E-state index in [1.807, 2.05) is 0 Å². The zero-order chi connectivity index (χ0) is 15.9. The first-order valence-corrected chi connectivity index (χ1v) is 6.60. The fourth-order valence-corrected chi connectivity index (χ4v) is 1.93. The van der Waals surface area contributed by atoms with Gasteiger partial charge in [-0.05, 0) is 24.1 Å². The molecule has 0 spiro atoms. The second-order valence-electron chi connectivity index (χ2n) is 4.60. The number of hydrogen-bond acceptors (Lipinski definition) is 4. The van der Waals surface area contributed by atoms with Crippen molar-refractivity contribution in [2.75, 3.05) is 0 Å². The van der Waals surface area contributed by atoms with Crippen LogP contribution in [0.1, 0.15) is 34.9 Å². The van der Waals surface area contributed by atoms with Crippen LogP contribution < -0.4 is 5.32 Å². The molecule has 0 bridgehead atoms. The average Bonchev–Trinajstić information content (AvgIpc) is 2.53. The van der Waals surface area contributed by atoms with E-state index in [0.29, 0.717) is 5.56 Å². The molecule has 1 atom stereocenters. The standard InChI is InChI=1S/C15H14FN3O3/c16-11-3-1-10(2-4-11)12(5-6-14(20)21)19-15(22)13-9-17-7-8-18-13/h1-4,7-9,12H,5-6H2,(H,19,22)(H,20,21).